The van der Waals surface area contributed by atoms with Gasteiger partial charge in [-0.1, -0.05) is 0 Å². The van der Waals surface area contributed by atoms with Crippen LogP contribution in [0.4, 0.5) is 0 Å². The van der Waals surface area contributed by atoms with E-state index >= 15 is 0 Å². The van der Waals surface area contributed by atoms with E-state index in [9.17, 15) is 0 Å². The van der Waals surface area contributed by atoms with Gasteiger partial charge in [-0.3, -0.25) is 0 Å². The van der Waals surface area contributed by atoms with Gasteiger partial charge in [0.1, 0.15) is 0 Å². The fourth-order valence-corrected chi connectivity index (χ4v) is 2.46. The van der Waals surface area contributed by atoms with E-state index in [2.05, 4.69) is 31.0 Å². The molecule has 1 aliphatic heterocycles. The first-order valence-electron chi connectivity index (χ1n) is 7.58. The van der Waals surface area contributed by atoms with E-state index in [1.807, 2.05) is 0 Å². The zero-order valence-electron chi connectivity index (χ0n) is 12.4. The summed E-state index contributed by atoms with van der Waals surface area (Å²) in [5.74, 6) is 1.72. The molecule has 1 heterocycles. The second-order valence-electron chi connectivity index (χ2n) is 7.10. The van der Waals surface area contributed by atoms with Gasteiger partial charge in [0.2, 0.25) is 0 Å². The Morgan fingerprint density at radius 2 is 1.94 bits per heavy atom. The molecule has 2 fully saturated rings. The summed E-state index contributed by atoms with van der Waals surface area (Å²) in [5.41, 5.74) is 0.251. The Morgan fingerprint density at radius 1 is 1.17 bits per heavy atom. The van der Waals surface area contributed by atoms with Crippen molar-refractivity contribution in [3.8, 4) is 0 Å². The number of nitrogens with one attached hydrogen (secondary N) is 1. The zero-order chi connectivity index (χ0) is 13.0. The smallest absolute Gasteiger partial charge is 0.0593 e. The average Bonchev–Trinajstić information content (AvgIpc) is 3.00. The van der Waals surface area contributed by atoms with Crippen LogP contribution in [0.15, 0.2) is 0 Å². The molecule has 1 aliphatic carbocycles. The highest BCUT2D eigenvalue weighted by Gasteiger charge is 2.24. The molecule has 0 spiro atoms. The number of hydrogen-bond acceptors (Lipinski definition) is 3. The SMILES string of the molecule is CC(C)(C)NCC1CCN(CCOCC2CC2)C1. The van der Waals surface area contributed by atoms with E-state index in [0.29, 0.717) is 0 Å². The first-order valence-corrected chi connectivity index (χ1v) is 7.58. The molecule has 3 heteroatoms. The summed E-state index contributed by atoms with van der Waals surface area (Å²) in [6, 6.07) is 0. The van der Waals surface area contributed by atoms with Crippen LogP contribution >= 0.6 is 0 Å². The monoisotopic (exact) mass is 254 g/mol. The van der Waals surface area contributed by atoms with E-state index in [0.717, 1.165) is 38.1 Å². The van der Waals surface area contributed by atoms with Gasteiger partial charge in [-0.05, 0) is 65.0 Å². The first-order chi connectivity index (χ1) is 8.53. The largest absolute Gasteiger partial charge is 0.380 e. The summed E-state index contributed by atoms with van der Waals surface area (Å²) in [5, 5.41) is 3.62. The van der Waals surface area contributed by atoms with Crippen LogP contribution in [-0.4, -0.2) is 49.8 Å². The number of hydrogen-bond donors (Lipinski definition) is 1. The van der Waals surface area contributed by atoms with Crippen molar-refractivity contribution in [2.75, 3.05) is 39.4 Å². The van der Waals surface area contributed by atoms with Gasteiger partial charge in [-0.2, -0.15) is 0 Å². The van der Waals surface area contributed by atoms with Crippen LogP contribution in [0.1, 0.15) is 40.0 Å². The molecule has 0 bridgehead atoms. The molecule has 0 radical (unpaired) electrons. The first kappa shape index (κ1) is 14.3. The van der Waals surface area contributed by atoms with Gasteiger partial charge in [-0.25, -0.2) is 0 Å². The normalized spacial score (nSPS) is 25.8. The maximum absolute atomic E-state index is 5.71. The van der Waals surface area contributed by atoms with Crippen LogP contribution < -0.4 is 5.32 Å². The molecular formula is C15H30N2O. The highest BCUT2D eigenvalue weighted by molar-refractivity contribution is 4.80. The van der Waals surface area contributed by atoms with Gasteiger partial charge < -0.3 is 15.0 Å². The van der Waals surface area contributed by atoms with Crippen LogP contribution in [0.3, 0.4) is 0 Å². The summed E-state index contributed by atoms with van der Waals surface area (Å²) in [7, 11) is 0. The van der Waals surface area contributed by atoms with E-state index in [1.54, 1.807) is 0 Å². The lowest BCUT2D eigenvalue weighted by Crippen LogP contribution is -2.39. The zero-order valence-corrected chi connectivity index (χ0v) is 12.4. The van der Waals surface area contributed by atoms with Crippen molar-refractivity contribution in [1.82, 2.24) is 10.2 Å². The third-order valence-corrected chi connectivity index (χ3v) is 3.89. The van der Waals surface area contributed by atoms with Crippen molar-refractivity contribution in [1.29, 1.82) is 0 Å². The number of likely N-dealkylation sites (tertiary alicyclic amines) is 1. The molecule has 2 aliphatic rings. The van der Waals surface area contributed by atoms with Crippen LogP contribution in [0.2, 0.25) is 0 Å². The van der Waals surface area contributed by atoms with E-state index in [-0.39, 0.29) is 5.54 Å². The Bertz CT molecular complexity index is 245. The molecule has 2 rings (SSSR count). The van der Waals surface area contributed by atoms with Gasteiger partial charge in [0.05, 0.1) is 6.61 Å². The lowest BCUT2D eigenvalue weighted by atomic mass is 10.1. The Balaban J connectivity index is 1.50. The van der Waals surface area contributed by atoms with E-state index < -0.39 is 0 Å². The quantitative estimate of drug-likeness (QED) is 0.704. The molecule has 1 saturated heterocycles. The van der Waals surface area contributed by atoms with Gasteiger partial charge in [-0.15, -0.1) is 0 Å². The van der Waals surface area contributed by atoms with E-state index in [1.165, 1.54) is 32.4 Å². The molecule has 18 heavy (non-hydrogen) atoms. The Kier molecular flexibility index (Phi) is 5.05. The van der Waals surface area contributed by atoms with Crippen LogP contribution in [0.25, 0.3) is 0 Å². The van der Waals surface area contributed by atoms with Gasteiger partial charge in [0.25, 0.3) is 0 Å². The number of rotatable bonds is 7. The standard InChI is InChI=1S/C15H30N2O/c1-15(2,3)16-10-14-6-7-17(11-14)8-9-18-12-13-4-5-13/h13-14,16H,4-12H2,1-3H3. The maximum atomic E-state index is 5.71. The highest BCUT2D eigenvalue weighted by Crippen LogP contribution is 2.28. The van der Waals surface area contributed by atoms with Crippen LogP contribution in [0.5, 0.6) is 0 Å². The molecular weight excluding hydrogens is 224 g/mol. The molecule has 1 atom stereocenters. The molecule has 3 nitrogen and oxygen atoms in total. The molecule has 1 N–H and O–H groups in total. The van der Waals surface area contributed by atoms with Crippen molar-refractivity contribution >= 4 is 0 Å². The lowest BCUT2D eigenvalue weighted by Gasteiger charge is -2.23. The molecule has 106 valence electrons. The van der Waals surface area contributed by atoms with Crippen molar-refractivity contribution < 1.29 is 4.74 Å². The third kappa shape index (κ3) is 5.68. The molecule has 0 aromatic rings. The fraction of sp³-hybridized carbons (Fsp3) is 1.00. The molecule has 0 amide bonds. The summed E-state index contributed by atoms with van der Waals surface area (Å²) in [6.45, 7) is 13.4. The van der Waals surface area contributed by atoms with E-state index in [4.69, 9.17) is 4.74 Å². The molecule has 1 unspecified atom stereocenters. The summed E-state index contributed by atoms with van der Waals surface area (Å²) < 4.78 is 5.71. The minimum absolute atomic E-state index is 0.251. The van der Waals surface area contributed by atoms with Gasteiger partial charge in [0.15, 0.2) is 0 Å². The van der Waals surface area contributed by atoms with Crippen LogP contribution in [0, 0.1) is 11.8 Å². The number of nitrogens with zero attached hydrogens (tertiary/aromatic N) is 1. The van der Waals surface area contributed by atoms with Crippen molar-refractivity contribution in [3.05, 3.63) is 0 Å². The van der Waals surface area contributed by atoms with Gasteiger partial charge >= 0.3 is 0 Å². The predicted molar refractivity (Wildman–Crippen MR) is 75.8 cm³/mol. The Hall–Kier alpha value is -0.120. The molecule has 0 aromatic heterocycles. The second kappa shape index (κ2) is 6.36. The lowest BCUT2D eigenvalue weighted by molar-refractivity contribution is 0.102. The van der Waals surface area contributed by atoms with Gasteiger partial charge in [0, 0.05) is 25.2 Å². The molecule has 0 aromatic carbocycles. The minimum Gasteiger partial charge on any atom is -0.380 e. The highest BCUT2D eigenvalue weighted by atomic mass is 16.5. The van der Waals surface area contributed by atoms with Crippen LogP contribution in [-0.2, 0) is 4.74 Å². The Labute approximate surface area is 112 Å². The maximum Gasteiger partial charge on any atom is 0.0593 e. The summed E-state index contributed by atoms with van der Waals surface area (Å²) in [4.78, 5) is 2.56. The van der Waals surface area contributed by atoms with Crippen molar-refractivity contribution in [2.45, 2.75) is 45.6 Å². The topological polar surface area (TPSA) is 24.5 Å². The summed E-state index contributed by atoms with van der Waals surface area (Å²) in [6.07, 6.45) is 4.13. The summed E-state index contributed by atoms with van der Waals surface area (Å²) >= 11 is 0. The van der Waals surface area contributed by atoms with Crippen molar-refractivity contribution in [3.63, 3.8) is 0 Å². The van der Waals surface area contributed by atoms with Crippen molar-refractivity contribution in [2.24, 2.45) is 11.8 Å². The minimum atomic E-state index is 0.251. The fourth-order valence-electron chi connectivity index (χ4n) is 2.46. The number of ether oxygens (including phenoxy) is 1. The third-order valence-electron chi connectivity index (χ3n) is 3.89. The Morgan fingerprint density at radius 3 is 2.61 bits per heavy atom. The predicted octanol–water partition coefficient (Wildman–Crippen LogP) is 2.12. The second-order valence-corrected chi connectivity index (χ2v) is 7.10. The molecule has 1 saturated carbocycles. The average molecular weight is 254 g/mol.